The average molecular weight is 219 g/mol. The Hall–Kier alpha value is -0.220. The van der Waals surface area contributed by atoms with Crippen LogP contribution in [0.15, 0.2) is 0 Å². The molecule has 0 aliphatic heterocycles. The lowest BCUT2D eigenvalue weighted by atomic mass is 10.0. The number of carboxylic acid groups (broad SMARTS) is 1. The van der Waals surface area contributed by atoms with Gasteiger partial charge in [0.05, 0.1) is 0 Å². The molecule has 0 radical (unpaired) electrons. The fourth-order valence-electron chi connectivity index (χ4n) is 1.24. The molecule has 3 nitrogen and oxygen atoms in total. The maximum Gasteiger partial charge on any atom is 0.320 e. The van der Waals surface area contributed by atoms with Crippen LogP contribution in [-0.2, 0) is 4.79 Å². The number of hydrogen-bond acceptors (Lipinski definition) is 3. The Morgan fingerprint density at radius 2 is 2.07 bits per heavy atom. The summed E-state index contributed by atoms with van der Waals surface area (Å²) in [5.74, 6) is 0.555. The molecule has 0 rings (SSSR count). The van der Waals surface area contributed by atoms with Crippen LogP contribution in [0, 0.1) is 5.92 Å². The minimum atomic E-state index is -0.745. The molecule has 0 amide bonds. The molecule has 0 aromatic rings. The third-order valence-corrected chi connectivity index (χ3v) is 2.77. The van der Waals surface area contributed by atoms with E-state index in [1.807, 2.05) is 25.6 Å². The highest BCUT2D eigenvalue weighted by Gasteiger charge is 2.19. The summed E-state index contributed by atoms with van der Waals surface area (Å²) in [5.41, 5.74) is 0. The first-order chi connectivity index (χ1) is 6.59. The molecule has 0 saturated carbocycles. The molecule has 0 aromatic carbocycles. The Kier molecular flexibility index (Phi) is 7.99. The van der Waals surface area contributed by atoms with Crippen LogP contribution in [0.2, 0.25) is 0 Å². The maximum absolute atomic E-state index is 10.8. The molecule has 0 saturated heterocycles. The minimum Gasteiger partial charge on any atom is -0.480 e. The summed E-state index contributed by atoms with van der Waals surface area (Å²) < 4.78 is 0. The highest BCUT2D eigenvalue weighted by atomic mass is 32.2. The van der Waals surface area contributed by atoms with Crippen molar-refractivity contribution in [2.75, 3.05) is 18.6 Å². The quantitative estimate of drug-likeness (QED) is 0.611. The second kappa shape index (κ2) is 8.12. The van der Waals surface area contributed by atoms with Crippen LogP contribution in [-0.4, -0.2) is 35.7 Å². The van der Waals surface area contributed by atoms with E-state index in [1.54, 1.807) is 0 Å². The molecule has 84 valence electrons. The van der Waals surface area contributed by atoms with E-state index >= 15 is 0 Å². The summed E-state index contributed by atoms with van der Waals surface area (Å²) >= 11 is 1.83. The van der Waals surface area contributed by atoms with Gasteiger partial charge in [-0.2, -0.15) is 11.8 Å². The predicted molar refractivity (Wildman–Crippen MR) is 61.9 cm³/mol. The van der Waals surface area contributed by atoms with E-state index in [2.05, 4.69) is 11.6 Å². The molecule has 2 N–H and O–H groups in total. The first-order valence-electron chi connectivity index (χ1n) is 5.04. The molecule has 14 heavy (non-hydrogen) atoms. The zero-order valence-corrected chi connectivity index (χ0v) is 10.1. The van der Waals surface area contributed by atoms with Gasteiger partial charge in [0.2, 0.25) is 0 Å². The van der Waals surface area contributed by atoms with E-state index in [1.165, 1.54) is 0 Å². The molecule has 1 unspecified atom stereocenters. The fraction of sp³-hybridized carbons (Fsp3) is 0.900. The SMILES string of the molecule is CSCCCCNC(C(=O)O)C(C)C. The normalized spacial score (nSPS) is 13.1. The number of nitrogens with one attached hydrogen (secondary N) is 1. The van der Waals surface area contributed by atoms with Crippen molar-refractivity contribution in [1.29, 1.82) is 0 Å². The van der Waals surface area contributed by atoms with Crippen molar-refractivity contribution in [3.05, 3.63) is 0 Å². The van der Waals surface area contributed by atoms with E-state index in [0.29, 0.717) is 0 Å². The molecule has 0 fully saturated rings. The first-order valence-corrected chi connectivity index (χ1v) is 6.44. The van der Waals surface area contributed by atoms with Gasteiger partial charge in [-0.15, -0.1) is 0 Å². The summed E-state index contributed by atoms with van der Waals surface area (Å²) in [6.07, 6.45) is 4.29. The maximum atomic E-state index is 10.8. The zero-order chi connectivity index (χ0) is 11.0. The van der Waals surface area contributed by atoms with Crippen LogP contribution in [0.3, 0.4) is 0 Å². The molecular weight excluding hydrogens is 198 g/mol. The monoisotopic (exact) mass is 219 g/mol. The molecule has 4 heteroatoms. The summed E-state index contributed by atoms with van der Waals surface area (Å²) in [6.45, 7) is 4.65. The molecule has 0 aromatic heterocycles. The number of rotatable bonds is 8. The highest BCUT2D eigenvalue weighted by molar-refractivity contribution is 7.98. The van der Waals surface area contributed by atoms with Crippen molar-refractivity contribution in [1.82, 2.24) is 5.32 Å². The largest absolute Gasteiger partial charge is 0.480 e. The molecule has 0 spiro atoms. The lowest BCUT2D eigenvalue weighted by Crippen LogP contribution is -2.41. The highest BCUT2D eigenvalue weighted by Crippen LogP contribution is 2.03. The summed E-state index contributed by atoms with van der Waals surface area (Å²) in [5, 5.41) is 11.9. The number of carbonyl (C=O) groups is 1. The van der Waals surface area contributed by atoms with Gasteiger partial charge < -0.3 is 10.4 Å². The first kappa shape index (κ1) is 13.8. The van der Waals surface area contributed by atoms with Crippen LogP contribution in [0.1, 0.15) is 26.7 Å². The number of thioether (sulfide) groups is 1. The van der Waals surface area contributed by atoms with Gasteiger partial charge in [0.1, 0.15) is 6.04 Å². The fourth-order valence-corrected chi connectivity index (χ4v) is 1.73. The molecule has 0 aliphatic rings. The Morgan fingerprint density at radius 3 is 2.50 bits per heavy atom. The average Bonchev–Trinajstić information content (AvgIpc) is 2.09. The van der Waals surface area contributed by atoms with Crippen LogP contribution >= 0.6 is 11.8 Å². The number of hydrogen-bond donors (Lipinski definition) is 2. The van der Waals surface area contributed by atoms with Crippen molar-refractivity contribution in [2.45, 2.75) is 32.7 Å². The molecule has 0 aliphatic carbocycles. The minimum absolute atomic E-state index is 0.146. The van der Waals surface area contributed by atoms with E-state index in [-0.39, 0.29) is 5.92 Å². The van der Waals surface area contributed by atoms with E-state index in [9.17, 15) is 4.79 Å². The Morgan fingerprint density at radius 1 is 1.43 bits per heavy atom. The van der Waals surface area contributed by atoms with Gasteiger partial charge in [-0.05, 0) is 37.3 Å². The van der Waals surface area contributed by atoms with Gasteiger partial charge in [0.15, 0.2) is 0 Å². The Labute approximate surface area is 90.7 Å². The Bertz CT molecular complexity index is 162. The summed E-state index contributed by atoms with van der Waals surface area (Å²) in [7, 11) is 0. The number of aliphatic carboxylic acids is 1. The second-order valence-electron chi connectivity index (χ2n) is 3.71. The van der Waals surface area contributed by atoms with Gasteiger partial charge >= 0.3 is 5.97 Å². The van der Waals surface area contributed by atoms with Crippen LogP contribution in [0.25, 0.3) is 0 Å². The summed E-state index contributed by atoms with van der Waals surface area (Å²) in [6, 6.07) is -0.399. The second-order valence-corrected chi connectivity index (χ2v) is 4.70. The van der Waals surface area contributed by atoms with Crippen LogP contribution in [0.4, 0.5) is 0 Å². The van der Waals surface area contributed by atoms with Gasteiger partial charge in [-0.1, -0.05) is 13.8 Å². The van der Waals surface area contributed by atoms with Crippen molar-refractivity contribution in [3.63, 3.8) is 0 Å². The topological polar surface area (TPSA) is 49.3 Å². The molecule has 0 bridgehead atoms. The van der Waals surface area contributed by atoms with Crippen molar-refractivity contribution in [2.24, 2.45) is 5.92 Å². The van der Waals surface area contributed by atoms with E-state index in [4.69, 9.17) is 5.11 Å². The molecular formula is C10H21NO2S. The third kappa shape index (κ3) is 6.27. The van der Waals surface area contributed by atoms with Gasteiger partial charge in [-0.3, -0.25) is 4.79 Å². The smallest absolute Gasteiger partial charge is 0.320 e. The predicted octanol–water partition coefficient (Wildman–Crippen LogP) is 1.83. The lowest BCUT2D eigenvalue weighted by molar-refractivity contribution is -0.140. The Balaban J connectivity index is 3.57. The number of unbranched alkanes of at least 4 members (excludes halogenated alkanes) is 1. The van der Waals surface area contributed by atoms with Gasteiger partial charge in [0.25, 0.3) is 0 Å². The van der Waals surface area contributed by atoms with Gasteiger partial charge in [0, 0.05) is 0 Å². The zero-order valence-electron chi connectivity index (χ0n) is 9.25. The van der Waals surface area contributed by atoms with Gasteiger partial charge in [-0.25, -0.2) is 0 Å². The van der Waals surface area contributed by atoms with E-state index < -0.39 is 12.0 Å². The lowest BCUT2D eigenvalue weighted by Gasteiger charge is -2.17. The van der Waals surface area contributed by atoms with Crippen LogP contribution < -0.4 is 5.32 Å². The van der Waals surface area contributed by atoms with Crippen LogP contribution in [0.5, 0.6) is 0 Å². The number of carboxylic acids is 1. The summed E-state index contributed by atoms with van der Waals surface area (Å²) in [4.78, 5) is 10.8. The van der Waals surface area contributed by atoms with Crippen molar-refractivity contribution in [3.8, 4) is 0 Å². The van der Waals surface area contributed by atoms with Crippen molar-refractivity contribution >= 4 is 17.7 Å². The standard InChI is InChI=1S/C10H21NO2S/c1-8(2)9(10(12)13)11-6-4-5-7-14-3/h8-9,11H,4-7H2,1-3H3,(H,12,13). The van der Waals surface area contributed by atoms with E-state index in [0.717, 1.165) is 25.1 Å². The third-order valence-electron chi connectivity index (χ3n) is 2.07. The molecule has 1 atom stereocenters. The molecule has 0 heterocycles. The van der Waals surface area contributed by atoms with Crippen molar-refractivity contribution < 1.29 is 9.90 Å².